The molecule has 7 heteroatoms. The molecule has 2 atom stereocenters. The van der Waals surface area contributed by atoms with Crippen LogP contribution in [0.1, 0.15) is 36.5 Å². The van der Waals surface area contributed by atoms with E-state index in [-0.39, 0.29) is 34.7 Å². The lowest BCUT2D eigenvalue weighted by molar-refractivity contribution is 0.157. The first-order valence-corrected chi connectivity index (χ1v) is 8.66. The van der Waals surface area contributed by atoms with Gasteiger partial charge in [0, 0.05) is 5.56 Å². The molecule has 2 aromatic carbocycles. The maximum absolute atomic E-state index is 11.5. The van der Waals surface area contributed by atoms with Crippen LogP contribution < -0.4 is 5.30 Å². The zero-order valence-corrected chi connectivity index (χ0v) is 13.4. The van der Waals surface area contributed by atoms with Crippen molar-refractivity contribution in [1.29, 1.82) is 0 Å². The molecule has 0 bridgehead atoms. The molecule has 2 aromatic rings. The van der Waals surface area contributed by atoms with Crippen LogP contribution in [-0.2, 0) is 4.57 Å². The molecule has 0 heterocycles. The minimum atomic E-state index is -4.62. The molecule has 0 aliphatic rings. The molecule has 5 N–H and O–H groups in total. The minimum absolute atomic E-state index is 0.0994. The average Bonchev–Trinajstić information content (AvgIpc) is 2.45. The molecule has 0 aromatic heterocycles. The second-order valence-corrected chi connectivity index (χ2v) is 7.07. The van der Waals surface area contributed by atoms with Crippen molar-refractivity contribution in [3.8, 4) is 11.5 Å². The maximum atomic E-state index is 11.5. The third-order valence-corrected chi connectivity index (χ3v) is 4.74. The number of rotatable bonds is 5. The monoisotopic (exact) mass is 338 g/mol. The van der Waals surface area contributed by atoms with Gasteiger partial charge in [-0.1, -0.05) is 25.1 Å². The molecule has 0 fully saturated rings. The lowest BCUT2D eigenvalue weighted by atomic mass is 9.92. The van der Waals surface area contributed by atoms with E-state index in [1.807, 2.05) is 6.92 Å². The highest BCUT2D eigenvalue weighted by molar-refractivity contribution is 7.60. The van der Waals surface area contributed by atoms with Gasteiger partial charge in [-0.05, 0) is 42.2 Å². The van der Waals surface area contributed by atoms with E-state index < -0.39 is 13.7 Å². The molecule has 23 heavy (non-hydrogen) atoms. The van der Waals surface area contributed by atoms with Crippen molar-refractivity contribution in [2.24, 2.45) is 0 Å². The van der Waals surface area contributed by atoms with E-state index in [0.717, 1.165) is 5.56 Å². The highest BCUT2D eigenvalue weighted by Crippen LogP contribution is 2.41. The van der Waals surface area contributed by atoms with Crippen molar-refractivity contribution in [2.45, 2.75) is 25.4 Å². The zero-order valence-electron chi connectivity index (χ0n) is 12.5. The lowest BCUT2D eigenvalue weighted by Crippen LogP contribution is -2.16. The van der Waals surface area contributed by atoms with Crippen LogP contribution in [0.25, 0.3) is 0 Å². The van der Waals surface area contributed by atoms with E-state index in [0.29, 0.717) is 0 Å². The Bertz CT molecular complexity index is 739. The molecule has 2 unspecified atom stereocenters. The lowest BCUT2D eigenvalue weighted by Gasteiger charge is -2.21. The van der Waals surface area contributed by atoms with E-state index in [9.17, 15) is 29.7 Å². The number of hydrogen-bond acceptors (Lipinski definition) is 4. The summed E-state index contributed by atoms with van der Waals surface area (Å²) in [6, 6.07) is 10.3. The van der Waals surface area contributed by atoms with Crippen LogP contribution in [0.15, 0.2) is 42.5 Å². The largest absolute Gasteiger partial charge is 0.508 e. The third kappa shape index (κ3) is 4.12. The SMILES string of the molecule is CC(CC(O)c1c(O)cccc1P(=O)(O)O)c1cccc(O)c1. The number of aromatic hydroxyl groups is 2. The maximum Gasteiger partial charge on any atom is 0.356 e. The number of aliphatic hydroxyl groups is 1. The predicted octanol–water partition coefficient (Wildman–Crippen LogP) is 2.13. The molecule has 0 amide bonds. The van der Waals surface area contributed by atoms with Crippen LogP contribution in [0.4, 0.5) is 0 Å². The van der Waals surface area contributed by atoms with Gasteiger partial charge < -0.3 is 25.1 Å². The Morgan fingerprint density at radius 3 is 2.35 bits per heavy atom. The molecule has 0 saturated heterocycles. The van der Waals surface area contributed by atoms with E-state index in [1.54, 1.807) is 18.2 Å². The summed E-state index contributed by atoms with van der Waals surface area (Å²) in [4.78, 5) is 18.8. The standard InChI is InChI=1S/C16H19O6P/c1-10(11-4-2-5-12(17)9-11)8-14(19)16-13(18)6-3-7-15(16)23(20,21)22/h2-7,9-10,14,17-19H,8H2,1H3,(H2,20,21,22). The molecule has 2 rings (SSSR count). The van der Waals surface area contributed by atoms with Gasteiger partial charge in [0.2, 0.25) is 0 Å². The van der Waals surface area contributed by atoms with E-state index in [4.69, 9.17) is 0 Å². The van der Waals surface area contributed by atoms with Gasteiger partial charge in [0.25, 0.3) is 0 Å². The average molecular weight is 338 g/mol. The molecule has 0 aliphatic heterocycles. The Morgan fingerprint density at radius 2 is 1.74 bits per heavy atom. The molecule has 124 valence electrons. The van der Waals surface area contributed by atoms with Gasteiger partial charge >= 0.3 is 7.60 Å². The molecular weight excluding hydrogens is 319 g/mol. The summed E-state index contributed by atoms with van der Waals surface area (Å²) in [6.07, 6.45) is -1.12. The van der Waals surface area contributed by atoms with Gasteiger partial charge in [-0.15, -0.1) is 0 Å². The molecule has 0 saturated carbocycles. The first-order chi connectivity index (χ1) is 10.7. The number of phenols is 2. The van der Waals surface area contributed by atoms with Crippen molar-refractivity contribution < 1.29 is 29.7 Å². The Kier molecular flexibility index (Phi) is 5.12. The minimum Gasteiger partial charge on any atom is -0.508 e. The molecule has 6 nitrogen and oxygen atoms in total. The van der Waals surface area contributed by atoms with Crippen LogP contribution in [0.3, 0.4) is 0 Å². The van der Waals surface area contributed by atoms with Crippen molar-refractivity contribution in [1.82, 2.24) is 0 Å². The summed E-state index contributed by atoms with van der Waals surface area (Å²) in [5.41, 5.74) is 0.616. The van der Waals surface area contributed by atoms with E-state index >= 15 is 0 Å². The molecule has 0 aliphatic carbocycles. The quantitative estimate of drug-likeness (QED) is 0.533. The Labute approximate surface area is 133 Å². The van der Waals surface area contributed by atoms with Crippen LogP contribution in [0.2, 0.25) is 0 Å². The zero-order chi connectivity index (χ0) is 17.2. The Hall–Kier alpha value is -1.85. The number of phenolic OH excluding ortho intramolecular Hbond substituents is 2. The van der Waals surface area contributed by atoms with Gasteiger partial charge in [0.15, 0.2) is 0 Å². The van der Waals surface area contributed by atoms with Crippen LogP contribution in [0, 0.1) is 0 Å². The fourth-order valence-electron chi connectivity index (χ4n) is 2.56. The molecule has 0 radical (unpaired) electrons. The fourth-order valence-corrected chi connectivity index (χ4v) is 3.41. The highest BCUT2D eigenvalue weighted by atomic mass is 31.2. The van der Waals surface area contributed by atoms with E-state index in [2.05, 4.69) is 0 Å². The number of aliphatic hydroxyl groups excluding tert-OH is 1. The Morgan fingerprint density at radius 1 is 1.09 bits per heavy atom. The predicted molar refractivity (Wildman–Crippen MR) is 85.9 cm³/mol. The number of benzene rings is 2. The Balaban J connectivity index is 2.31. The van der Waals surface area contributed by atoms with Crippen molar-refractivity contribution >= 4 is 12.9 Å². The van der Waals surface area contributed by atoms with Crippen molar-refractivity contribution in [3.63, 3.8) is 0 Å². The summed E-state index contributed by atoms with van der Waals surface area (Å²) < 4.78 is 11.5. The van der Waals surface area contributed by atoms with Gasteiger partial charge in [0.05, 0.1) is 11.4 Å². The summed E-state index contributed by atoms with van der Waals surface area (Å²) in [5, 5.41) is 29.4. The summed E-state index contributed by atoms with van der Waals surface area (Å²) in [5.74, 6) is -0.454. The van der Waals surface area contributed by atoms with Crippen LogP contribution in [-0.4, -0.2) is 25.1 Å². The van der Waals surface area contributed by atoms with Crippen molar-refractivity contribution in [2.75, 3.05) is 0 Å². The highest BCUT2D eigenvalue weighted by Gasteiger charge is 2.28. The van der Waals surface area contributed by atoms with Gasteiger partial charge in [0.1, 0.15) is 11.5 Å². The molecular formula is C16H19O6P. The summed E-state index contributed by atoms with van der Waals surface area (Å²) >= 11 is 0. The topological polar surface area (TPSA) is 118 Å². The summed E-state index contributed by atoms with van der Waals surface area (Å²) in [7, 11) is -4.62. The smallest absolute Gasteiger partial charge is 0.356 e. The van der Waals surface area contributed by atoms with Gasteiger partial charge in [-0.3, -0.25) is 4.57 Å². The van der Waals surface area contributed by atoms with E-state index in [1.165, 1.54) is 24.3 Å². The van der Waals surface area contributed by atoms with Gasteiger partial charge in [-0.25, -0.2) is 0 Å². The number of hydrogen-bond donors (Lipinski definition) is 5. The second-order valence-electron chi connectivity index (χ2n) is 5.50. The first kappa shape index (κ1) is 17.5. The van der Waals surface area contributed by atoms with Gasteiger partial charge in [-0.2, -0.15) is 0 Å². The molecule has 0 spiro atoms. The normalized spacial score (nSPS) is 14.4. The van der Waals surface area contributed by atoms with Crippen molar-refractivity contribution in [3.05, 3.63) is 53.6 Å². The second kappa shape index (κ2) is 6.72. The van der Waals surface area contributed by atoms with Crippen LogP contribution >= 0.6 is 7.60 Å². The summed E-state index contributed by atoms with van der Waals surface area (Å²) in [6.45, 7) is 1.81. The third-order valence-electron chi connectivity index (χ3n) is 3.72. The van der Waals surface area contributed by atoms with Crippen LogP contribution in [0.5, 0.6) is 11.5 Å². The first-order valence-electron chi connectivity index (χ1n) is 7.05. The fraction of sp³-hybridized carbons (Fsp3) is 0.250.